The third kappa shape index (κ3) is 4.43. The number of hydrogen-bond donors (Lipinski definition) is 1. The van der Waals surface area contributed by atoms with E-state index in [0.29, 0.717) is 6.04 Å². The molecule has 0 bridgehead atoms. The molecule has 2 aromatic rings. The highest BCUT2D eigenvalue weighted by Gasteiger charge is 2.08. The van der Waals surface area contributed by atoms with E-state index in [-0.39, 0.29) is 24.0 Å². The molecule has 1 aromatic carbocycles. The average Bonchev–Trinajstić information content (AvgIpc) is 2.81. The summed E-state index contributed by atoms with van der Waals surface area (Å²) in [5.74, 6) is 0. The molecule has 0 radical (unpaired) electrons. The van der Waals surface area contributed by atoms with Crippen molar-refractivity contribution in [1.29, 1.82) is 0 Å². The Bertz CT molecular complexity index is 425. The van der Waals surface area contributed by atoms with E-state index in [1.807, 2.05) is 12.5 Å². The minimum atomic E-state index is 0. The monoisotopic (exact) mass is 406 g/mol. The van der Waals surface area contributed by atoms with E-state index in [9.17, 15) is 0 Å². The van der Waals surface area contributed by atoms with Crippen molar-refractivity contribution in [2.75, 3.05) is 0 Å². The number of aromatic nitrogens is 2. The number of aromatic amines is 1. The maximum absolute atomic E-state index is 3.45. The predicted molar refractivity (Wildman–Crippen MR) is 68.2 cm³/mol. The Morgan fingerprint density at radius 1 is 1.29 bits per heavy atom. The second-order valence-corrected chi connectivity index (χ2v) is 4.99. The number of nitrogens with zero attached hydrogens (tertiary/aromatic N) is 1. The molecule has 0 aliphatic heterocycles. The largest absolute Gasteiger partial charge is 1.00 e. The molecule has 1 N–H and O–H groups in total. The van der Waals surface area contributed by atoms with Gasteiger partial charge < -0.3 is 24.0 Å². The van der Waals surface area contributed by atoms with Gasteiger partial charge in [-0.15, -0.1) is 0 Å². The summed E-state index contributed by atoms with van der Waals surface area (Å²) in [6.45, 7) is 2.24. The lowest BCUT2D eigenvalue weighted by Gasteiger charge is -2.07. The number of halogens is 2. The van der Waals surface area contributed by atoms with E-state index in [1.54, 1.807) is 0 Å². The molecule has 1 unspecified atom stereocenters. The molecular weight excluding hydrogens is 391 g/mol. The van der Waals surface area contributed by atoms with Crippen LogP contribution in [0, 0.1) is 0 Å². The predicted octanol–water partition coefficient (Wildman–Crippen LogP) is 0.263. The maximum atomic E-state index is 3.45. The number of benzene rings is 1. The summed E-state index contributed by atoms with van der Waals surface area (Å²) in [6, 6.07) is 9.10. The van der Waals surface area contributed by atoms with Gasteiger partial charge in [-0.3, -0.25) is 4.98 Å². The van der Waals surface area contributed by atoms with Crippen LogP contribution >= 0.6 is 15.9 Å². The van der Waals surface area contributed by atoms with Crippen molar-refractivity contribution in [3.05, 3.63) is 53.0 Å². The minimum Gasteiger partial charge on any atom is -1.00 e. The van der Waals surface area contributed by atoms with Crippen molar-refractivity contribution in [2.45, 2.75) is 25.8 Å². The van der Waals surface area contributed by atoms with Gasteiger partial charge in [-0.05, 0) is 37.5 Å². The SMILES string of the molecule is CC(CCc1ccc(Br)cc1)[n+]1cc[nH]c1.[I-]. The molecule has 0 aliphatic carbocycles. The highest BCUT2D eigenvalue weighted by molar-refractivity contribution is 9.10. The normalized spacial score (nSPS) is 11.9. The first kappa shape index (κ1) is 14.7. The van der Waals surface area contributed by atoms with Gasteiger partial charge in [0.05, 0.1) is 6.04 Å². The summed E-state index contributed by atoms with van der Waals surface area (Å²) < 4.78 is 3.35. The summed E-state index contributed by atoms with van der Waals surface area (Å²) in [6.07, 6.45) is 8.31. The van der Waals surface area contributed by atoms with Crippen molar-refractivity contribution in [3.63, 3.8) is 0 Å². The summed E-state index contributed by atoms with van der Waals surface area (Å²) in [7, 11) is 0. The second kappa shape index (κ2) is 7.16. The van der Waals surface area contributed by atoms with Crippen LogP contribution in [0.3, 0.4) is 0 Å². The van der Waals surface area contributed by atoms with Gasteiger partial charge in [-0.2, -0.15) is 0 Å². The van der Waals surface area contributed by atoms with Crippen LogP contribution in [-0.2, 0) is 6.42 Å². The van der Waals surface area contributed by atoms with Gasteiger partial charge in [0.2, 0.25) is 6.33 Å². The van der Waals surface area contributed by atoms with Crippen molar-refractivity contribution in [3.8, 4) is 0 Å². The smallest absolute Gasteiger partial charge is 0.241 e. The van der Waals surface area contributed by atoms with Crippen molar-refractivity contribution in [1.82, 2.24) is 4.98 Å². The van der Waals surface area contributed by atoms with Gasteiger partial charge in [0.15, 0.2) is 0 Å². The van der Waals surface area contributed by atoms with E-state index in [4.69, 9.17) is 0 Å². The minimum absolute atomic E-state index is 0. The van der Waals surface area contributed by atoms with E-state index in [0.717, 1.165) is 17.3 Å². The Labute approximate surface area is 128 Å². The zero-order valence-corrected chi connectivity index (χ0v) is 13.5. The molecule has 2 nitrogen and oxygen atoms in total. The molecule has 0 saturated heterocycles. The van der Waals surface area contributed by atoms with Crippen LogP contribution in [0.5, 0.6) is 0 Å². The molecule has 1 atom stereocenters. The fraction of sp³-hybridized carbons (Fsp3) is 0.308. The summed E-state index contributed by atoms with van der Waals surface area (Å²) in [5.41, 5.74) is 1.39. The Morgan fingerprint density at radius 2 is 2.00 bits per heavy atom. The summed E-state index contributed by atoms with van der Waals surface area (Å²) >= 11 is 3.45. The number of rotatable bonds is 4. The first-order chi connectivity index (χ1) is 7.75. The highest BCUT2D eigenvalue weighted by atomic mass is 127. The van der Waals surface area contributed by atoms with E-state index < -0.39 is 0 Å². The lowest BCUT2D eigenvalue weighted by molar-refractivity contribution is -0.719. The molecule has 1 heterocycles. The van der Waals surface area contributed by atoms with E-state index in [1.165, 1.54) is 5.56 Å². The Morgan fingerprint density at radius 3 is 2.59 bits per heavy atom. The van der Waals surface area contributed by atoms with Crippen LogP contribution < -0.4 is 28.5 Å². The van der Waals surface area contributed by atoms with E-state index in [2.05, 4.69) is 62.9 Å². The van der Waals surface area contributed by atoms with Crippen molar-refractivity contribution in [2.24, 2.45) is 0 Å². The quantitative estimate of drug-likeness (QED) is 0.555. The molecule has 1 aromatic heterocycles. The molecule has 92 valence electrons. The number of H-pyrrole nitrogens is 1. The Balaban J connectivity index is 0.00000144. The zero-order valence-electron chi connectivity index (χ0n) is 9.74. The van der Waals surface area contributed by atoms with Gasteiger partial charge in [-0.25, -0.2) is 4.57 Å². The third-order valence-corrected chi connectivity index (χ3v) is 3.37. The number of hydrogen-bond acceptors (Lipinski definition) is 0. The molecule has 17 heavy (non-hydrogen) atoms. The molecule has 0 saturated carbocycles. The number of nitrogens with one attached hydrogen (secondary N) is 1. The molecule has 0 amide bonds. The fourth-order valence-corrected chi connectivity index (χ4v) is 2.02. The molecule has 2 rings (SSSR count). The van der Waals surface area contributed by atoms with Gasteiger partial charge in [0.25, 0.3) is 0 Å². The molecular formula is C13H16BrIN2. The van der Waals surface area contributed by atoms with Crippen molar-refractivity contribution < 1.29 is 28.5 Å². The number of aryl methyl sites for hydroxylation is 1. The standard InChI is InChI=1S/C13H15BrN2.HI/c1-11(16-9-8-15-10-16)2-3-12-4-6-13(14)7-5-12;/h4-11H,2-3H2,1H3;1H. The third-order valence-electron chi connectivity index (χ3n) is 2.84. The lowest BCUT2D eigenvalue weighted by Crippen LogP contribution is -3.00. The van der Waals surface area contributed by atoms with Gasteiger partial charge in [0.1, 0.15) is 12.4 Å². The zero-order chi connectivity index (χ0) is 11.4. The van der Waals surface area contributed by atoms with Gasteiger partial charge in [-0.1, -0.05) is 28.1 Å². The first-order valence-electron chi connectivity index (χ1n) is 5.53. The lowest BCUT2D eigenvalue weighted by atomic mass is 10.1. The van der Waals surface area contributed by atoms with Crippen LogP contribution in [0.2, 0.25) is 0 Å². The van der Waals surface area contributed by atoms with Crippen LogP contribution in [0.25, 0.3) is 0 Å². The van der Waals surface area contributed by atoms with Crippen LogP contribution in [0.4, 0.5) is 0 Å². The topological polar surface area (TPSA) is 19.7 Å². The summed E-state index contributed by atoms with van der Waals surface area (Å²) in [4.78, 5) is 3.07. The van der Waals surface area contributed by atoms with Crippen LogP contribution in [0.1, 0.15) is 24.9 Å². The van der Waals surface area contributed by atoms with Gasteiger partial charge in [0, 0.05) is 4.47 Å². The van der Waals surface area contributed by atoms with Gasteiger partial charge >= 0.3 is 0 Å². The van der Waals surface area contributed by atoms with Crippen LogP contribution in [0.15, 0.2) is 47.5 Å². The Hall–Kier alpha value is -0.360. The van der Waals surface area contributed by atoms with Crippen molar-refractivity contribution >= 4 is 15.9 Å². The second-order valence-electron chi connectivity index (χ2n) is 4.07. The Kier molecular flexibility index (Phi) is 6.19. The summed E-state index contributed by atoms with van der Waals surface area (Å²) in [5, 5.41) is 0. The fourth-order valence-electron chi connectivity index (χ4n) is 1.75. The molecule has 0 spiro atoms. The highest BCUT2D eigenvalue weighted by Crippen LogP contribution is 2.13. The van der Waals surface area contributed by atoms with E-state index >= 15 is 0 Å². The van der Waals surface area contributed by atoms with Crippen LogP contribution in [-0.4, -0.2) is 4.98 Å². The molecule has 0 aliphatic rings. The first-order valence-corrected chi connectivity index (χ1v) is 6.33. The molecule has 0 fully saturated rings. The number of imidazole rings is 1. The maximum Gasteiger partial charge on any atom is 0.241 e. The average molecular weight is 407 g/mol. The molecule has 4 heteroatoms.